The lowest BCUT2D eigenvalue weighted by Crippen LogP contribution is -2.24. The second-order valence-electron chi connectivity index (χ2n) is 4.94. The fraction of sp³-hybridized carbons (Fsp3) is 0.188. The fourth-order valence-electron chi connectivity index (χ4n) is 2.75. The van der Waals surface area contributed by atoms with Crippen LogP contribution in [0.3, 0.4) is 0 Å². The zero-order valence-electron chi connectivity index (χ0n) is 10.8. The van der Waals surface area contributed by atoms with Gasteiger partial charge < -0.3 is 10.6 Å². The van der Waals surface area contributed by atoms with Gasteiger partial charge in [0.05, 0.1) is 23.0 Å². The van der Waals surface area contributed by atoms with Gasteiger partial charge in [-0.2, -0.15) is 5.26 Å². The summed E-state index contributed by atoms with van der Waals surface area (Å²) in [5, 5.41) is 9.05. The van der Waals surface area contributed by atoms with Gasteiger partial charge in [-0.3, -0.25) is 0 Å². The van der Waals surface area contributed by atoms with Gasteiger partial charge in [-0.15, -0.1) is 0 Å². The number of fused-ring (bicyclic) bond motifs is 1. The van der Waals surface area contributed by atoms with Crippen molar-refractivity contribution in [1.29, 1.82) is 5.26 Å². The molecule has 1 unspecified atom stereocenters. The summed E-state index contributed by atoms with van der Waals surface area (Å²) >= 11 is 0. The van der Waals surface area contributed by atoms with E-state index in [1.54, 1.807) is 6.07 Å². The average Bonchev–Trinajstić information content (AvgIpc) is 2.75. The van der Waals surface area contributed by atoms with E-state index in [-0.39, 0.29) is 0 Å². The van der Waals surface area contributed by atoms with Gasteiger partial charge in [0.2, 0.25) is 0 Å². The SMILES string of the molecule is CC1Cc2ccccc2N1c1cc(C#N)ccc1N. The van der Waals surface area contributed by atoms with Crippen molar-refractivity contribution >= 4 is 17.1 Å². The smallest absolute Gasteiger partial charge is 0.0992 e. The molecule has 0 amide bonds. The Morgan fingerprint density at radius 1 is 1.21 bits per heavy atom. The molecule has 2 aromatic carbocycles. The molecule has 0 spiro atoms. The van der Waals surface area contributed by atoms with E-state index in [1.807, 2.05) is 18.2 Å². The Bertz CT molecular complexity index is 670. The lowest BCUT2D eigenvalue weighted by molar-refractivity contribution is 0.759. The molecule has 0 bridgehead atoms. The van der Waals surface area contributed by atoms with Crippen LogP contribution >= 0.6 is 0 Å². The molecule has 1 atom stereocenters. The number of hydrogen-bond donors (Lipinski definition) is 1. The van der Waals surface area contributed by atoms with E-state index in [9.17, 15) is 0 Å². The van der Waals surface area contributed by atoms with Crippen LogP contribution in [-0.4, -0.2) is 6.04 Å². The Morgan fingerprint density at radius 2 is 2.00 bits per heavy atom. The maximum absolute atomic E-state index is 9.05. The van der Waals surface area contributed by atoms with E-state index in [2.05, 4.69) is 36.1 Å². The molecule has 2 N–H and O–H groups in total. The van der Waals surface area contributed by atoms with Crippen molar-refractivity contribution in [1.82, 2.24) is 0 Å². The molecule has 1 aliphatic rings. The summed E-state index contributed by atoms with van der Waals surface area (Å²) in [6.07, 6.45) is 1.01. The number of benzene rings is 2. The highest BCUT2D eigenvalue weighted by molar-refractivity contribution is 5.80. The minimum atomic E-state index is 0.355. The number of rotatable bonds is 1. The van der Waals surface area contributed by atoms with Gasteiger partial charge in [0.15, 0.2) is 0 Å². The molecule has 1 aliphatic heterocycles. The first-order valence-corrected chi connectivity index (χ1v) is 6.37. The Labute approximate surface area is 112 Å². The molecule has 3 rings (SSSR count). The van der Waals surface area contributed by atoms with Gasteiger partial charge in [0.25, 0.3) is 0 Å². The molecule has 2 aromatic rings. The second kappa shape index (κ2) is 4.33. The first-order chi connectivity index (χ1) is 9.20. The monoisotopic (exact) mass is 249 g/mol. The lowest BCUT2D eigenvalue weighted by atomic mass is 10.1. The molecule has 1 heterocycles. The number of nitrogens with two attached hydrogens (primary N) is 1. The summed E-state index contributed by atoms with van der Waals surface area (Å²) in [5.41, 5.74) is 10.9. The van der Waals surface area contributed by atoms with Crippen LogP contribution in [0.4, 0.5) is 17.1 Å². The average molecular weight is 249 g/mol. The molecule has 3 nitrogen and oxygen atoms in total. The van der Waals surface area contributed by atoms with Crippen molar-refractivity contribution in [2.45, 2.75) is 19.4 Å². The zero-order chi connectivity index (χ0) is 13.4. The van der Waals surface area contributed by atoms with Crippen LogP contribution in [0.15, 0.2) is 42.5 Å². The zero-order valence-corrected chi connectivity index (χ0v) is 10.8. The Kier molecular flexibility index (Phi) is 2.64. The predicted octanol–water partition coefficient (Wildman–Crippen LogP) is 3.22. The summed E-state index contributed by atoms with van der Waals surface area (Å²) in [5.74, 6) is 0. The highest BCUT2D eigenvalue weighted by atomic mass is 15.2. The molecule has 0 fully saturated rings. The third-order valence-electron chi connectivity index (χ3n) is 3.63. The van der Waals surface area contributed by atoms with Crippen LogP contribution in [0.25, 0.3) is 0 Å². The van der Waals surface area contributed by atoms with Crippen molar-refractivity contribution in [3.63, 3.8) is 0 Å². The summed E-state index contributed by atoms with van der Waals surface area (Å²) < 4.78 is 0. The topological polar surface area (TPSA) is 53.0 Å². The van der Waals surface area contributed by atoms with Gasteiger partial charge in [0, 0.05) is 11.7 Å². The van der Waals surface area contributed by atoms with E-state index < -0.39 is 0 Å². The minimum Gasteiger partial charge on any atom is -0.397 e. The summed E-state index contributed by atoms with van der Waals surface area (Å²) in [6, 6.07) is 16.3. The van der Waals surface area contributed by atoms with Gasteiger partial charge in [-0.1, -0.05) is 18.2 Å². The Morgan fingerprint density at radius 3 is 2.79 bits per heavy atom. The molecular formula is C16H15N3. The summed E-state index contributed by atoms with van der Waals surface area (Å²) in [6.45, 7) is 2.18. The fourth-order valence-corrected chi connectivity index (χ4v) is 2.75. The summed E-state index contributed by atoms with van der Waals surface area (Å²) in [4.78, 5) is 2.23. The van der Waals surface area contributed by atoms with Crippen LogP contribution in [-0.2, 0) is 6.42 Å². The van der Waals surface area contributed by atoms with Crippen molar-refractivity contribution < 1.29 is 0 Å². The predicted molar refractivity (Wildman–Crippen MR) is 77.3 cm³/mol. The van der Waals surface area contributed by atoms with Gasteiger partial charge >= 0.3 is 0 Å². The molecule has 0 saturated heterocycles. The number of para-hydroxylation sites is 1. The molecule has 19 heavy (non-hydrogen) atoms. The van der Waals surface area contributed by atoms with Gasteiger partial charge in [-0.25, -0.2) is 0 Å². The van der Waals surface area contributed by atoms with Crippen LogP contribution < -0.4 is 10.6 Å². The van der Waals surface area contributed by atoms with Crippen LogP contribution in [0.5, 0.6) is 0 Å². The van der Waals surface area contributed by atoms with E-state index in [1.165, 1.54) is 11.3 Å². The first-order valence-electron chi connectivity index (χ1n) is 6.37. The standard InChI is InChI=1S/C16H15N3/c1-11-8-13-4-2-3-5-15(13)19(11)16-9-12(10-17)6-7-14(16)18/h2-7,9,11H,8,18H2,1H3. The van der Waals surface area contributed by atoms with E-state index in [4.69, 9.17) is 11.0 Å². The maximum atomic E-state index is 9.05. The maximum Gasteiger partial charge on any atom is 0.0992 e. The molecule has 0 saturated carbocycles. The van der Waals surface area contributed by atoms with Crippen molar-refractivity contribution in [3.05, 3.63) is 53.6 Å². The third kappa shape index (κ3) is 1.82. The summed E-state index contributed by atoms with van der Waals surface area (Å²) in [7, 11) is 0. The Hall–Kier alpha value is -2.47. The number of nitrogens with zero attached hydrogens (tertiary/aromatic N) is 2. The van der Waals surface area contributed by atoms with Crippen molar-refractivity contribution in [2.24, 2.45) is 0 Å². The van der Waals surface area contributed by atoms with Crippen molar-refractivity contribution in [2.75, 3.05) is 10.6 Å². The number of nitriles is 1. The van der Waals surface area contributed by atoms with Crippen LogP contribution in [0.2, 0.25) is 0 Å². The van der Waals surface area contributed by atoms with Crippen molar-refractivity contribution in [3.8, 4) is 6.07 Å². The highest BCUT2D eigenvalue weighted by Gasteiger charge is 2.28. The van der Waals surface area contributed by atoms with E-state index in [0.717, 1.165) is 12.1 Å². The molecule has 3 heteroatoms. The van der Waals surface area contributed by atoms with Crippen LogP contribution in [0.1, 0.15) is 18.1 Å². The quantitative estimate of drug-likeness (QED) is 0.789. The molecule has 94 valence electrons. The number of hydrogen-bond acceptors (Lipinski definition) is 3. The first kappa shape index (κ1) is 11.6. The second-order valence-corrected chi connectivity index (χ2v) is 4.94. The lowest BCUT2D eigenvalue weighted by Gasteiger charge is -2.26. The molecular weight excluding hydrogens is 234 g/mol. The normalized spacial score (nSPS) is 17.1. The Balaban J connectivity index is 2.15. The number of nitrogen functional groups attached to an aromatic ring is 1. The minimum absolute atomic E-state index is 0.355. The number of anilines is 3. The highest BCUT2D eigenvalue weighted by Crippen LogP contribution is 2.40. The van der Waals surface area contributed by atoms with Gasteiger partial charge in [0.1, 0.15) is 0 Å². The molecule has 0 radical (unpaired) electrons. The third-order valence-corrected chi connectivity index (χ3v) is 3.63. The van der Waals surface area contributed by atoms with Gasteiger partial charge in [-0.05, 0) is 43.2 Å². The molecule has 0 aliphatic carbocycles. The largest absolute Gasteiger partial charge is 0.397 e. The van der Waals surface area contributed by atoms with E-state index >= 15 is 0 Å². The van der Waals surface area contributed by atoms with E-state index in [0.29, 0.717) is 17.3 Å². The van der Waals surface area contributed by atoms with Crippen LogP contribution in [0, 0.1) is 11.3 Å². The molecule has 0 aromatic heterocycles.